The molecule has 108 valence electrons. The molecule has 0 radical (unpaired) electrons. The first-order chi connectivity index (χ1) is 10.3. The molecule has 2 saturated heterocycles. The third-order valence-corrected chi connectivity index (χ3v) is 4.94. The van der Waals surface area contributed by atoms with Crippen molar-refractivity contribution in [3.63, 3.8) is 0 Å². The maximum atomic E-state index is 12.5. The predicted octanol–water partition coefficient (Wildman–Crippen LogP) is 1.49. The van der Waals surface area contributed by atoms with Crippen LogP contribution in [0, 0.1) is 0 Å². The third-order valence-electron chi connectivity index (χ3n) is 4.27. The molecule has 0 bridgehead atoms. The van der Waals surface area contributed by atoms with Gasteiger partial charge in [0.25, 0.3) is 5.91 Å². The molecule has 6 nitrogen and oxygen atoms in total. The Hall–Kier alpha value is -2.15. The first-order valence-corrected chi connectivity index (χ1v) is 7.84. The first-order valence-electron chi connectivity index (χ1n) is 6.90. The van der Waals surface area contributed by atoms with E-state index in [2.05, 4.69) is 10.2 Å². The molecule has 0 spiro atoms. The van der Waals surface area contributed by atoms with E-state index >= 15 is 0 Å². The molecule has 7 heteroatoms. The van der Waals surface area contributed by atoms with Crippen LogP contribution in [0.3, 0.4) is 0 Å². The molecule has 2 aromatic heterocycles. The Morgan fingerprint density at radius 2 is 2.29 bits per heavy atom. The molecule has 2 atom stereocenters. The number of carbonyl (C=O) groups excluding carboxylic acids is 2. The Morgan fingerprint density at radius 1 is 1.38 bits per heavy atom. The summed E-state index contributed by atoms with van der Waals surface area (Å²) in [6.45, 7) is 0.682. The van der Waals surface area contributed by atoms with E-state index in [0.717, 1.165) is 12.1 Å². The van der Waals surface area contributed by atoms with Gasteiger partial charge < -0.3 is 9.80 Å². The van der Waals surface area contributed by atoms with Gasteiger partial charge in [0.15, 0.2) is 0 Å². The largest absolute Gasteiger partial charge is 0.332 e. The number of H-pyrrole nitrogens is 1. The molecule has 2 amide bonds. The molecule has 0 saturated carbocycles. The number of nitrogens with one attached hydrogen (secondary N) is 1. The highest BCUT2D eigenvalue weighted by atomic mass is 32.1. The number of aromatic nitrogens is 2. The van der Waals surface area contributed by atoms with E-state index in [4.69, 9.17) is 0 Å². The van der Waals surface area contributed by atoms with Gasteiger partial charge in [0.1, 0.15) is 5.69 Å². The summed E-state index contributed by atoms with van der Waals surface area (Å²) < 4.78 is 0. The third kappa shape index (κ3) is 1.88. The number of rotatable bonds is 2. The second kappa shape index (κ2) is 4.70. The second-order valence-electron chi connectivity index (χ2n) is 5.34. The number of nitrogens with zero attached hydrogens (tertiary/aromatic N) is 3. The van der Waals surface area contributed by atoms with E-state index in [-0.39, 0.29) is 23.9 Å². The molecule has 21 heavy (non-hydrogen) atoms. The van der Waals surface area contributed by atoms with E-state index in [0.29, 0.717) is 18.7 Å². The lowest BCUT2D eigenvalue weighted by Crippen LogP contribution is -2.40. The minimum atomic E-state index is -0.0695. The Labute approximate surface area is 125 Å². The van der Waals surface area contributed by atoms with Gasteiger partial charge in [-0.05, 0) is 23.9 Å². The summed E-state index contributed by atoms with van der Waals surface area (Å²) in [4.78, 5) is 28.5. The summed E-state index contributed by atoms with van der Waals surface area (Å²) >= 11 is 1.58. The molecule has 2 aliphatic rings. The average Bonchev–Trinajstić information content (AvgIpc) is 3.23. The molecule has 0 aromatic carbocycles. The molecule has 2 fully saturated rings. The van der Waals surface area contributed by atoms with Crippen molar-refractivity contribution < 1.29 is 9.59 Å². The van der Waals surface area contributed by atoms with Crippen molar-refractivity contribution in [3.8, 4) is 0 Å². The van der Waals surface area contributed by atoms with Crippen LogP contribution < -0.4 is 4.90 Å². The fourth-order valence-electron chi connectivity index (χ4n) is 3.36. The standard InChI is InChI=1S/C14H14N4O2S/c19-13-7-12-11(18(13)9-3-6-21-8-9)2-5-17(12)14(20)10-1-4-15-16-10/h1,3-4,6,8,11-12H,2,5,7H2,(H,15,16). The van der Waals surface area contributed by atoms with Gasteiger partial charge in [-0.3, -0.25) is 14.7 Å². The Kier molecular flexibility index (Phi) is 2.81. The van der Waals surface area contributed by atoms with Crippen molar-refractivity contribution >= 4 is 28.8 Å². The van der Waals surface area contributed by atoms with Gasteiger partial charge in [-0.15, -0.1) is 0 Å². The fraction of sp³-hybridized carbons (Fsp3) is 0.357. The highest BCUT2D eigenvalue weighted by Crippen LogP contribution is 2.37. The second-order valence-corrected chi connectivity index (χ2v) is 6.12. The van der Waals surface area contributed by atoms with Gasteiger partial charge in [-0.2, -0.15) is 16.4 Å². The number of likely N-dealkylation sites (tertiary alicyclic amines) is 1. The van der Waals surface area contributed by atoms with Crippen LogP contribution in [0.2, 0.25) is 0 Å². The van der Waals surface area contributed by atoms with E-state index in [1.807, 2.05) is 26.6 Å². The zero-order chi connectivity index (χ0) is 14.4. The van der Waals surface area contributed by atoms with E-state index < -0.39 is 0 Å². The maximum absolute atomic E-state index is 12.5. The maximum Gasteiger partial charge on any atom is 0.272 e. The molecule has 2 aromatic rings. The number of fused-ring (bicyclic) bond motifs is 1. The van der Waals surface area contributed by atoms with Gasteiger partial charge in [-0.1, -0.05) is 0 Å². The minimum absolute atomic E-state index is 0.0341. The molecule has 2 unspecified atom stereocenters. The molecular formula is C14H14N4O2S. The molecule has 4 rings (SSSR count). The summed E-state index contributed by atoms with van der Waals surface area (Å²) in [6.07, 6.45) is 2.80. The summed E-state index contributed by atoms with van der Waals surface area (Å²) in [7, 11) is 0. The van der Waals surface area contributed by atoms with Crippen molar-refractivity contribution in [2.45, 2.75) is 24.9 Å². The van der Waals surface area contributed by atoms with Crippen LogP contribution in [0.15, 0.2) is 29.1 Å². The smallest absolute Gasteiger partial charge is 0.272 e. The zero-order valence-corrected chi connectivity index (χ0v) is 12.0. The Bertz CT molecular complexity index is 667. The monoisotopic (exact) mass is 302 g/mol. The van der Waals surface area contributed by atoms with Crippen LogP contribution in [0.4, 0.5) is 5.69 Å². The van der Waals surface area contributed by atoms with Crippen molar-refractivity contribution in [1.82, 2.24) is 15.1 Å². The van der Waals surface area contributed by atoms with Crippen molar-refractivity contribution in [2.75, 3.05) is 11.4 Å². The van der Waals surface area contributed by atoms with E-state index in [1.165, 1.54) is 0 Å². The summed E-state index contributed by atoms with van der Waals surface area (Å²) in [5, 5.41) is 10.5. The van der Waals surface area contributed by atoms with E-state index in [9.17, 15) is 9.59 Å². The highest BCUT2D eigenvalue weighted by molar-refractivity contribution is 7.08. The van der Waals surface area contributed by atoms with Crippen molar-refractivity contribution in [1.29, 1.82) is 0 Å². The van der Waals surface area contributed by atoms with Crippen LogP contribution in [0.1, 0.15) is 23.3 Å². The van der Waals surface area contributed by atoms with Crippen molar-refractivity contribution in [3.05, 3.63) is 34.8 Å². The van der Waals surface area contributed by atoms with E-state index in [1.54, 1.807) is 23.6 Å². The molecule has 4 heterocycles. The lowest BCUT2D eigenvalue weighted by Gasteiger charge is -2.24. The Morgan fingerprint density at radius 3 is 3.00 bits per heavy atom. The number of hydrogen-bond acceptors (Lipinski definition) is 4. The van der Waals surface area contributed by atoms with Gasteiger partial charge in [0.05, 0.1) is 17.8 Å². The van der Waals surface area contributed by atoms with Gasteiger partial charge >= 0.3 is 0 Å². The molecule has 1 N–H and O–H groups in total. The average molecular weight is 302 g/mol. The van der Waals surface area contributed by atoms with Crippen LogP contribution in [-0.4, -0.2) is 45.5 Å². The van der Waals surface area contributed by atoms with Crippen LogP contribution in [0.25, 0.3) is 0 Å². The van der Waals surface area contributed by atoms with Crippen LogP contribution >= 0.6 is 11.3 Å². The van der Waals surface area contributed by atoms with Gasteiger partial charge in [0.2, 0.25) is 5.91 Å². The van der Waals surface area contributed by atoms with Crippen LogP contribution in [-0.2, 0) is 4.79 Å². The normalized spacial score (nSPS) is 24.7. The highest BCUT2D eigenvalue weighted by Gasteiger charge is 2.49. The summed E-state index contributed by atoms with van der Waals surface area (Å²) in [5.74, 6) is 0.0329. The summed E-state index contributed by atoms with van der Waals surface area (Å²) in [6, 6.07) is 3.69. The summed E-state index contributed by atoms with van der Waals surface area (Å²) in [5.41, 5.74) is 1.44. The number of thiophene rings is 1. The Balaban J connectivity index is 1.61. The number of anilines is 1. The molecule has 2 aliphatic heterocycles. The number of amides is 2. The lowest BCUT2D eigenvalue weighted by molar-refractivity contribution is -0.117. The SMILES string of the molecule is O=C(c1ccn[nH]1)N1CCC2C1CC(=O)N2c1ccsc1. The number of aromatic amines is 1. The topological polar surface area (TPSA) is 69.3 Å². The quantitative estimate of drug-likeness (QED) is 0.914. The van der Waals surface area contributed by atoms with Gasteiger partial charge in [-0.25, -0.2) is 0 Å². The predicted molar refractivity (Wildman–Crippen MR) is 78.2 cm³/mol. The minimum Gasteiger partial charge on any atom is -0.332 e. The lowest BCUT2D eigenvalue weighted by atomic mass is 10.1. The number of hydrogen-bond donors (Lipinski definition) is 1. The first kappa shape index (κ1) is 12.6. The molecule has 0 aliphatic carbocycles. The van der Waals surface area contributed by atoms with Gasteiger partial charge in [0, 0.05) is 24.5 Å². The number of carbonyl (C=O) groups is 2. The fourth-order valence-corrected chi connectivity index (χ4v) is 3.99. The van der Waals surface area contributed by atoms with Crippen molar-refractivity contribution in [2.24, 2.45) is 0 Å². The van der Waals surface area contributed by atoms with Crippen LogP contribution in [0.5, 0.6) is 0 Å². The zero-order valence-electron chi connectivity index (χ0n) is 11.2. The molecular weight excluding hydrogens is 288 g/mol.